The Balaban J connectivity index is 1.12. The number of anilines is 6. The van der Waals surface area contributed by atoms with Crippen LogP contribution in [0.3, 0.4) is 0 Å². The van der Waals surface area contributed by atoms with Crippen LogP contribution in [0.5, 0.6) is 11.5 Å². The average Bonchev–Trinajstić information content (AvgIpc) is 3.27. The second-order valence-corrected chi connectivity index (χ2v) is 27.3. The number of fused-ring (bicyclic) bond motifs is 13. The summed E-state index contributed by atoms with van der Waals surface area (Å²) in [6.45, 7) is 27.5. The normalized spacial score (nSPS) is 13.6. The van der Waals surface area contributed by atoms with Gasteiger partial charge < -0.3 is 23.5 Å². The molecule has 0 unspecified atom stereocenters. The van der Waals surface area contributed by atoms with Crippen LogP contribution < -0.4 is 30.2 Å². The van der Waals surface area contributed by atoms with Crippen molar-refractivity contribution >= 4 is 122 Å². The van der Waals surface area contributed by atoms with Crippen molar-refractivity contribution in [3.63, 3.8) is 0 Å². The molecule has 0 aliphatic carbocycles. The van der Waals surface area contributed by atoms with E-state index in [2.05, 4.69) is 279 Å². The molecule has 5 nitrogen and oxygen atoms in total. The molecule has 0 bridgehead atoms. The highest BCUT2D eigenvalue weighted by molar-refractivity contribution is 7.33. The first kappa shape index (κ1) is 49.3. The van der Waals surface area contributed by atoms with Gasteiger partial charge in [-0.2, -0.15) is 0 Å². The van der Waals surface area contributed by atoms with Crippen molar-refractivity contribution in [1.82, 2.24) is 4.57 Å². The zero-order valence-electron chi connectivity index (χ0n) is 47.5. The van der Waals surface area contributed by atoms with Crippen molar-refractivity contribution in [3.8, 4) is 17.2 Å². The number of nitrogens with zero attached hydrogens (tertiary/aromatic N) is 3. The maximum Gasteiger partial charge on any atom is 0.269 e. The Bertz CT molecular complexity index is 4330. The van der Waals surface area contributed by atoms with Crippen LogP contribution in [0.4, 0.5) is 34.1 Å². The number of thiophene rings is 1. The number of hydrogen-bond donors (Lipinski definition) is 0. The van der Waals surface area contributed by atoms with E-state index in [9.17, 15) is 0 Å². The molecule has 9 aromatic carbocycles. The lowest BCUT2D eigenvalue weighted by molar-refractivity contribution is 0.488. The molecule has 0 saturated carbocycles. The Kier molecular flexibility index (Phi) is 10.8. The Morgan fingerprint density at radius 1 is 0.443 bits per heavy atom. The number of para-hydroxylation sites is 3. The molecule has 14 rings (SSSR count). The fraction of sp³-hybridized carbons (Fsp3) is 0.222. The number of hydrogen-bond acceptors (Lipinski definition) is 5. The molecule has 79 heavy (non-hydrogen) atoms. The summed E-state index contributed by atoms with van der Waals surface area (Å²) in [5.41, 5.74) is 18.8. The van der Waals surface area contributed by atoms with Crippen LogP contribution >= 0.6 is 11.3 Å². The molecule has 12 aromatic rings. The first-order chi connectivity index (χ1) is 37.7. The lowest BCUT2D eigenvalue weighted by Crippen LogP contribution is -2.58. The van der Waals surface area contributed by atoms with Crippen LogP contribution in [0.15, 0.2) is 186 Å². The summed E-state index contributed by atoms with van der Waals surface area (Å²) in [5, 5.41) is 5.86. The summed E-state index contributed by atoms with van der Waals surface area (Å²) in [6.07, 6.45) is 0. The molecule has 0 amide bonds. The number of ether oxygens (including phenoxy) is 1. The third kappa shape index (κ3) is 7.78. The molecule has 0 saturated heterocycles. The lowest BCUT2D eigenvalue weighted by Gasteiger charge is -2.40. The molecule has 7 heteroatoms. The zero-order valence-corrected chi connectivity index (χ0v) is 48.3. The third-order valence-corrected chi connectivity index (χ3v) is 18.1. The Morgan fingerprint density at radius 2 is 0.962 bits per heavy atom. The van der Waals surface area contributed by atoms with Crippen molar-refractivity contribution in [3.05, 3.63) is 204 Å². The predicted molar refractivity (Wildman–Crippen MR) is 339 cm³/mol. The minimum Gasteiger partial charge on any atom is -0.458 e. The van der Waals surface area contributed by atoms with Gasteiger partial charge in [0.2, 0.25) is 0 Å². The molecule has 0 fully saturated rings. The largest absolute Gasteiger partial charge is 0.458 e. The van der Waals surface area contributed by atoms with E-state index in [0.717, 1.165) is 89.5 Å². The summed E-state index contributed by atoms with van der Waals surface area (Å²) in [6, 6.07) is 67.8. The highest BCUT2D eigenvalue weighted by Gasteiger charge is 2.47. The van der Waals surface area contributed by atoms with Gasteiger partial charge in [0.25, 0.3) is 6.71 Å². The Morgan fingerprint density at radius 3 is 1.54 bits per heavy atom. The van der Waals surface area contributed by atoms with Gasteiger partial charge in [-0.3, -0.25) is 0 Å². The van der Waals surface area contributed by atoms with E-state index in [1.54, 1.807) is 0 Å². The van der Waals surface area contributed by atoms with Gasteiger partial charge in [0.1, 0.15) is 17.1 Å². The van der Waals surface area contributed by atoms with Crippen LogP contribution in [0, 0.1) is 0 Å². The number of rotatable bonds is 5. The molecule has 5 heterocycles. The van der Waals surface area contributed by atoms with Crippen LogP contribution in [0.1, 0.15) is 105 Å². The first-order valence-electron chi connectivity index (χ1n) is 28.0. The van der Waals surface area contributed by atoms with E-state index in [0.29, 0.717) is 0 Å². The van der Waals surface area contributed by atoms with Gasteiger partial charge in [-0.1, -0.05) is 168 Å². The van der Waals surface area contributed by atoms with Crippen LogP contribution in [-0.2, 0) is 21.7 Å². The molecule has 0 N–H and O–H groups in total. The summed E-state index contributed by atoms with van der Waals surface area (Å²) < 4.78 is 20.1. The topological polar surface area (TPSA) is 33.8 Å². The number of furan rings is 1. The smallest absolute Gasteiger partial charge is 0.269 e. The van der Waals surface area contributed by atoms with Gasteiger partial charge in [-0.15, -0.1) is 11.3 Å². The molecule has 0 atom stereocenters. The van der Waals surface area contributed by atoms with Gasteiger partial charge in [-0.05, 0) is 140 Å². The minimum absolute atomic E-state index is 0.0164. The SMILES string of the molecule is CC(C)(C)c1ccc(N2c3cc(N(c4ccccc4)c4ccccc4)cc4c3B(c3sc5ccc(C(C)(C)C)cc5c32)c2c(cc(-n3c5ccc(C(C)(C)C)cc5c5cc(C(C)(C)C)ccc53)c3oc5ccccc5c23)O4)cc1. The molecule has 0 radical (unpaired) electrons. The average molecular weight is 1050 g/mol. The number of benzene rings is 9. The first-order valence-corrected chi connectivity index (χ1v) is 28.8. The van der Waals surface area contributed by atoms with Gasteiger partial charge >= 0.3 is 0 Å². The molecular formula is C72H66BN3O2S. The van der Waals surface area contributed by atoms with Gasteiger partial charge in [0.15, 0.2) is 5.58 Å². The van der Waals surface area contributed by atoms with Crippen molar-refractivity contribution in [2.75, 3.05) is 9.80 Å². The Hall–Kier alpha value is -8.00. The van der Waals surface area contributed by atoms with E-state index >= 15 is 0 Å². The van der Waals surface area contributed by atoms with E-state index < -0.39 is 0 Å². The predicted octanol–water partition coefficient (Wildman–Crippen LogP) is 19.0. The van der Waals surface area contributed by atoms with Crippen molar-refractivity contribution in [1.29, 1.82) is 0 Å². The van der Waals surface area contributed by atoms with E-state index in [-0.39, 0.29) is 28.4 Å². The molecular weight excluding hydrogens is 982 g/mol. The zero-order chi connectivity index (χ0) is 54.7. The maximum absolute atomic E-state index is 7.80. The van der Waals surface area contributed by atoms with E-state index in [1.165, 1.54) is 53.6 Å². The number of aromatic nitrogens is 1. The van der Waals surface area contributed by atoms with E-state index in [1.807, 2.05) is 11.3 Å². The summed E-state index contributed by atoms with van der Waals surface area (Å²) in [4.78, 5) is 4.93. The quantitative estimate of drug-likeness (QED) is 0.161. The molecule has 2 aliphatic rings. The van der Waals surface area contributed by atoms with Crippen LogP contribution in [0.2, 0.25) is 0 Å². The van der Waals surface area contributed by atoms with Crippen molar-refractivity contribution in [2.24, 2.45) is 0 Å². The van der Waals surface area contributed by atoms with E-state index in [4.69, 9.17) is 9.15 Å². The molecule has 3 aromatic heterocycles. The van der Waals surface area contributed by atoms with Gasteiger partial charge in [0, 0.05) is 71.3 Å². The molecule has 0 spiro atoms. The van der Waals surface area contributed by atoms with Gasteiger partial charge in [-0.25, -0.2) is 0 Å². The lowest BCUT2D eigenvalue weighted by atomic mass is 9.36. The van der Waals surface area contributed by atoms with Crippen LogP contribution in [-0.4, -0.2) is 11.3 Å². The van der Waals surface area contributed by atoms with Gasteiger partial charge in [0.05, 0.1) is 28.1 Å². The Labute approximate surface area is 468 Å². The highest BCUT2D eigenvalue weighted by Crippen LogP contribution is 2.52. The van der Waals surface area contributed by atoms with Crippen LogP contribution in [0.25, 0.3) is 59.5 Å². The second kappa shape index (κ2) is 17.3. The second-order valence-electron chi connectivity index (χ2n) is 26.2. The molecule has 390 valence electrons. The molecule has 2 aliphatic heterocycles. The summed E-state index contributed by atoms with van der Waals surface area (Å²) in [7, 11) is 0. The summed E-state index contributed by atoms with van der Waals surface area (Å²) in [5.74, 6) is 1.66. The monoisotopic (exact) mass is 1050 g/mol. The van der Waals surface area contributed by atoms with Crippen molar-refractivity contribution in [2.45, 2.75) is 105 Å². The summed E-state index contributed by atoms with van der Waals surface area (Å²) >= 11 is 1.92. The fourth-order valence-corrected chi connectivity index (χ4v) is 13.8. The third-order valence-electron chi connectivity index (χ3n) is 16.8. The minimum atomic E-state index is -0.209. The maximum atomic E-state index is 7.80. The fourth-order valence-electron chi connectivity index (χ4n) is 12.5. The standard InChI is InChI=1S/C72H66BN3O2S/c1-69(2,3)43-27-32-49(33-28-43)75-57-40-50(74(47-21-15-13-16-22-47)48-23-17-14-18-24-48)41-60-64(57)73(68-66(75)54-39-46(72(10,11)12)31-36-62(54)79-68)65-61(77-60)42-58(67-63(65)51-25-19-20-26-59(51)78-67)76-55-34-29-44(70(4,5)6)37-52(55)53-38-45(71(7,8)9)30-35-56(53)76/h13-42H,1-12H3. The highest BCUT2D eigenvalue weighted by atomic mass is 32.1. The van der Waals surface area contributed by atoms with Crippen molar-refractivity contribution < 1.29 is 9.15 Å².